The molecule has 0 fully saturated rings. The van der Waals surface area contributed by atoms with Crippen LogP contribution in [0.4, 0.5) is 22.0 Å². The van der Waals surface area contributed by atoms with Crippen molar-refractivity contribution in [1.82, 2.24) is 5.32 Å². The number of nitrogens with one attached hydrogen (secondary N) is 1. The van der Waals surface area contributed by atoms with Gasteiger partial charge in [0.2, 0.25) is 0 Å². The normalized spacial score (nSPS) is 12.8. The molecule has 0 radical (unpaired) electrons. The molecule has 0 amide bonds. The van der Waals surface area contributed by atoms with E-state index in [1.807, 2.05) is 0 Å². The summed E-state index contributed by atoms with van der Waals surface area (Å²) in [6.07, 6.45) is -4.98. The highest BCUT2D eigenvalue weighted by Crippen LogP contribution is 2.11. The van der Waals surface area contributed by atoms with Crippen LogP contribution in [0.1, 0.15) is 0 Å². The van der Waals surface area contributed by atoms with Crippen molar-refractivity contribution in [3.63, 3.8) is 0 Å². The Balaban J connectivity index is 3.39. The van der Waals surface area contributed by atoms with Gasteiger partial charge in [0.25, 0.3) is 6.55 Å². The average molecular weight is 135 g/mol. The van der Waals surface area contributed by atoms with Crippen molar-refractivity contribution in [3.8, 4) is 0 Å². The Hall–Kier alpha value is -0.390. The highest BCUT2D eigenvalue weighted by atomic mass is 19.4. The highest BCUT2D eigenvalue weighted by Gasteiger charge is 2.30. The summed E-state index contributed by atoms with van der Waals surface area (Å²) in [6.45, 7) is -3.53. The van der Waals surface area contributed by atoms with Gasteiger partial charge in [-0.15, -0.1) is 0 Å². The van der Waals surface area contributed by atoms with Crippen molar-refractivity contribution in [2.24, 2.45) is 0 Å². The van der Waals surface area contributed by atoms with Crippen molar-refractivity contribution in [1.29, 1.82) is 0 Å². The van der Waals surface area contributed by atoms with Gasteiger partial charge in [0.15, 0.2) is 0 Å². The molecule has 0 spiro atoms. The maximum atomic E-state index is 10.7. The molecular weight excluding hydrogens is 133 g/mol. The third-order valence-electron chi connectivity index (χ3n) is 0.273. The maximum Gasteiger partial charge on any atom is 0.461 e. The van der Waals surface area contributed by atoms with E-state index in [4.69, 9.17) is 0 Å². The summed E-state index contributed by atoms with van der Waals surface area (Å²) in [7, 11) is 0. The van der Waals surface area contributed by atoms with Gasteiger partial charge in [-0.05, 0) is 0 Å². The lowest BCUT2D eigenvalue weighted by Gasteiger charge is -2.04. The molecule has 0 heterocycles. The van der Waals surface area contributed by atoms with Crippen molar-refractivity contribution in [3.05, 3.63) is 0 Å². The molecule has 0 bridgehead atoms. The maximum absolute atomic E-state index is 10.7. The molecule has 0 saturated carbocycles. The van der Waals surface area contributed by atoms with Crippen molar-refractivity contribution in [2.45, 2.75) is 12.8 Å². The van der Waals surface area contributed by atoms with E-state index in [0.717, 1.165) is 0 Å². The second-order valence-electron chi connectivity index (χ2n) is 0.943. The minimum absolute atomic E-state index is 0.0486. The Morgan fingerprint density at radius 3 is 1.50 bits per heavy atom. The van der Waals surface area contributed by atoms with Crippen LogP contribution in [0.3, 0.4) is 0 Å². The number of rotatable bonds is 1. The molecule has 0 aliphatic heterocycles. The molecule has 0 aliphatic carbocycles. The summed E-state index contributed by atoms with van der Waals surface area (Å²) in [6, 6.07) is 0. The molecule has 8 heavy (non-hydrogen) atoms. The summed E-state index contributed by atoms with van der Waals surface area (Å²) in [5.74, 6) is 0. The van der Waals surface area contributed by atoms with Gasteiger partial charge in [-0.2, -0.15) is 27.3 Å². The summed E-state index contributed by atoms with van der Waals surface area (Å²) >= 11 is 0. The zero-order valence-electron chi connectivity index (χ0n) is 3.47. The Morgan fingerprint density at radius 2 is 1.50 bits per heavy atom. The van der Waals surface area contributed by atoms with E-state index >= 15 is 0 Å². The van der Waals surface area contributed by atoms with Gasteiger partial charge in [-0.1, -0.05) is 0 Å². The lowest BCUT2D eigenvalue weighted by Crippen LogP contribution is -2.35. The van der Waals surface area contributed by atoms with E-state index in [0.29, 0.717) is 0 Å². The fraction of sp³-hybridized carbons (Fsp3) is 1.00. The van der Waals surface area contributed by atoms with Gasteiger partial charge in [-0.3, -0.25) is 0 Å². The van der Waals surface area contributed by atoms with Crippen LogP contribution in [-0.2, 0) is 0 Å². The molecule has 0 rings (SSSR count). The molecule has 0 aromatic heterocycles. The predicted octanol–water partition coefficient (Wildman–Crippen LogP) is 1.32. The molecule has 0 saturated heterocycles. The van der Waals surface area contributed by atoms with Crippen molar-refractivity contribution in [2.75, 3.05) is 0 Å². The number of hydrogen-bond acceptors (Lipinski definition) is 1. The van der Waals surface area contributed by atoms with Crippen LogP contribution in [0.25, 0.3) is 0 Å². The Morgan fingerprint density at radius 1 is 1.12 bits per heavy atom. The van der Waals surface area contributed by atoms with Crippen molar-refractivity contribution >= 4 is 0 Å². The zero-order valence-corrected chi connectivity index (χ0v) is 3.47. The summed E-state index contributed by atoms with van der Waals surface area (Å²) < 4.78 is 53.5. The second-order valence-corrected chi connectivity index (χ2v) is 0.943. The van der Waals surface area contributed by atoms with Crippen LogP contribution < -0.4 is 5.32 Å². The van der Waals surface area contributed by atoms with Gasteiger partial charge < -0.3 is 0 Å². The molecule has 1 N–H and O–H groups in total. The van der Waals surface area contributed by atoms with E-state index < -0.39 is 12.8 Å². The first kappa shape index (κ1) is 7.61. The number of halogens is 5. The monoisotopic (exact) mass is 135 g/mol. The molecule has 1 nitrogen and oxygen atoms in total. The van der Waals surface area contributed by atoms with E-state index in [2.05, 4.69) is 0 Å². The Labute approximate surface area is 41.5 Å². The van der Waals surface area contributed by atoms with Crippen LogP contribution in [-0.4, -0.2) is 12.8 Å². The molecule has 50 valence electrons. The number of hydrogen-bond donors (Lipinski definition) is 1. The third-order valence-corrected chi connectivity index (χ3v) is 0.273. The molecule has 0 atom stereocenters. The van der Waals surface area contributed by atoms with Crippen LogP contribution in [0.2, 0.25) is 0 Å². The lowest BCUT2D eigenvalue weighted by atomic mass is 11.0. The first-order valence-corrected chi connectivity index (χ1v) is 1.54. The van der Waals surface area contributed by atoms with Crippen LogP contribution >= 0.6 is 0 Å². The average Bonchev–Trinajstić information content (AvgIpc) is 1.21. The van der Waals surface area contributed by atoms with Gasteiger partial charge in [0, 0.05) is 0 Å². The van der Waals surface area contributed by atoms with E-state index in [1.54, 1.807) is 0 Å². The summed E-state index contributed by atoms with van der Waals surface area (Å²) in [5, 5.41) is 0.0486. The first-order chi connectivity index (χ1) is 3.42. The zero-order chi connectivity index (χ0) is 6.78. The minimum atomic E-state index is -4.98. The fourth-order valence-electron chi connectivity index (χ4n) is 0.124. The quantitative estimate of drug-likeness (QED) is 0.422. The van der Waals surface area contributed by atoms with Gasteiger partial charge >= 0.3 is 6.30 Å². The highest BCUT2D eigenvalue weighted by molar-refractivity contribution is 4.41. The Kier molecular flexibility index (Phi) is 2.14. The smallest absolute Gasteiger partial charge is 0.192 e. The van der Waals surface area contributed by atoms with Crippen LogP contribution in [0, 0.1) is 0 Å². The van der Waals surface area contributed by atoms with Crippen LogP contribution in [0.5, 0.6) is 0 Å². The van der Waals surface area contributed by atoms with Crippen molar-refractivity contribution < 1.29 is 22.0 Å². The number of alkyl halides is 5. The molecule has 0 aromatic carbocycles. The van der Waals surface area contributed by atoms with Gasteiger partial charge in [0.05, 0.1) is 0 Å². The van der Waals surface area contributed by atoms with Gasteiger partial charge in [-0.25, -0.2) is 0 Å². The molecule has 0 aliphatic rings. The Bertz CT molecular complexity index is 65.3. The summed E-state index contributed by atoms with van der Waals surface area (Å²) in [5.41, 5.74) is 0. The largest absolute Gasteiger partial charge is 0.461 e. The van der Waals surface area contributed by atoms with E-state index in [-0.39, 0.29) is 5.32 Å². The second kappa shape index (κ2) is 2.25. The lowest BCUT2D eigenvalue weighted by molar-refractivity contribution is -0.188. The topological polar surface area (TPSA) is 12.0 Å². The predicted molar refractivity (Wildman–Crippen MR) is 15.2 cm³/mol. The van der Waals surface area contributed by atoms with Gasteiger partial charge in [0.1, 0.15) is 0 Å². The summed E-state index contributed by atoms with van der Waals surface area (Å²) in [4.78, 5) is 0. The first-order valence-electron chi connectivity index (χ1n) is 1.54. The SMILES string of the molecule is FC(F)NC(F)(F)F. The minimum Gasteiger partial charge on any atom is -0.192 e. The van der Waals surface area contributed by atoms with E-state index in [1.165, 1.54) is 0 Å². The molecule has 0 aromatic rings. The molecule has 0 unspecified atom stereocenters. The molecular formula is C2H2F5N. The van der Waals surface area contributed by atoms with E-state index in [9.17, 15) is 22.0 Å². The van der Waals surface area contributed by atoms with Crippen LogP contribution in [0.15, 0.2) is 0 Å². The fourth-order valence-corrected chi connectivity index (χ4v) is 0.124. The third kappa shape index (κ3) is 5.61. The standard InChI is InChI=1S/C2H2F5N/c3-1(4)8-2(5,6)7/h1,8H. The molecule has 6 heteroatoms.